The van der Waals surface area contributed by atoms with Crippen LogP contribution in [0.25, 0.3) is 0 Å². The summed E-state index contributed by atoms with van der Waals surface area (Å²) in [6.07, 6.45) is 0. The summed E-state index contributed by atoms with van der Waals surface area (Å²) >= 11 is 0. The number of piperazine rings is 1. The Morgan fingerprint density at radius 3 is 2.27 bits per heavy atom. The van der Waals surface area contributed by atoms with Gasteiger partial charge in [0, 0.05) is 31.7 Å². The van der Waals surface area contributed by atoms with E-state index in [4.69, 9.17) is 0 Å². The lowest BCUT2D eigenvalue weighted by molar-refractivity contribution is 0.0663. The van der Waals surface area contributed by atoms with E-state index < -0.39 is 10.0 Å². The molecule has 1 fully saturated rings. The van der Waals surface area contributed by atoms with Crippen LogP contribution in [0.1, 0.15) is 21.5 Å². The van der Waals surface area contributed by atoms with Gasteiger partial charge in [-0.3, -0.25) is 4.79 Å². The second-order valence-corrected chi connectivity index (χ2v) is 7.57. The number of nitrogens with zero attached hydrogens (tertiary/aromatic N) is 2. The van der Waals surface area contributed by atoms with Crippen molar-refractivity contribution in [1.82, 2.24) is 14.5 Å². The van der Waals surface area contributed by atoms with Crippen LogP contribution in [0, 0.1) is 13.8 Å². The molecule has 1 aliphatic heterocycles. The van der Waals surface area contributed by atoms with Crippen molar-refractivity contribution in [2.45, 2.75) is 18.7 Å². The minimum absolute atomic E-state index is 0.108. The second-order valence-electron chi connectivity index (χ2n) is 5.72. The van der Waals surface area contributed by atoms with Crippen LogP contribution in [0.3, 0.4) is 0 Å². The summed E-state index contributed by atoms with van der Waals surface area (Å²) in [7, 11) is -0.179. The Labute approximate surface area is 132 Å². The highest BCUT2D eigenvalue weighted by Crippen LogP contribution is 2.22. The molecule has 0 aromatic heterocycles. The number of nitrogens with one attached hydrogen (secondary N) is 1. The standard InChI is InChI=1S/C15H23N3O3S/c1-11-9-13(10-14(12(11)2)22(20,21)16-3)15(19)18-7-5-17(4)6-8-18/h9-10,16H,5-8H2,1-4H3. The first kappa shape index (κ1) is 16.9. The number of aryl methyl sites for hydroxylation is 1. The van der Waals surface area contributed by atoms with E-state index in [1.165, 1.54) is 13.1 Å². The Hall–Kier alpha value is -1.44. The van der Waals surface area contributed by atoms with E-state index in [-0.39, 0.29) is 10.8 Å². The predicted molar refractivity (Wildman–Crippen MR) is 85.6 cm³/mol. The van der Waals surface area contributed by atoms with Crippen LogP contribution >= 0.6 is 0 Å². The first-order valence-corrected chi connectivity index (χ1v) is 8.77. The van der Waals surface area contributed by atoms with Crippen LogP contribution in [0.15, 0.2) is 17.0 Å². The summed E-state index contributed by atoms with van der Waals surface area (Å²) in [5.41, 5.74) is 1.90. The molecule has 0 unspecified atom stereocenters. The van der Waals surface area contributed by atoms with Crippen molar-refractivity contribution >= 4 is 15.9 Å². The fraction of sp³-hybridized carbons (Fsp3) is 0.533. The van der Waals surface area contributed by atoms with Gasteiger partial charge in [-0.25, -0.2) is 13.1 Å². The molecule has 0 bridgehead atoms. The molecule has 1 saturated heterocycles. The summed E-state index contributed by atoms with van der Waals surface area (Å²) in [5, 5.41) is 0. The van der Waals surface area contributed by atoms with E-state index in [1.807, 2.05) is 14.0 Å². The Morgan fingerprint density at radius 2 is 1.73 bits per heavy atom. The fourth-order valence-corrected chi connectivity index (χ4v) is 3.60. The number of hydrogen-bond donors (Lipinski definition) is 1. The van der Waals surface area contributed by atoms with Crippen molar-refractivity contribution in [2.75, 3.05) is 40.3 Å². The van der Waals surface area contributed by atoms with Crippen molar-refractivity contribution in [3.8, 4) is 0 Å². The van der Waals surface area contributed by atoms with Gasteiger partial charge in [-0.1, -0.05) is 0 Å². The molecule has 2 rings (SSSR count). The number of benzene rings is 1. The van der Waals surface area contributed by atoms with Gasteiger partial charge in [0.25, 0.3) is 5.91 Å². The van der Waals surface area contributed by atoms with Crippen LogP contribution in [-0.2, 0) is 10.0 Å². The minimum Gasteiger partial charge on any atom is -0.336 e. The maximum absolute atomic E-state index is 12.6. The number of hydrogen-bond acceptors (Lipinski definition) is 4. The highest BCUT2D eigenvalue weighted by Gasteiger charge is 2.24. The molecule has 0 atom stereocenters. The first-order chi connectivity index (χ1) is 10.3. The normalized spacial score (nSPS) is 16.8. The van der Waals surface area contributed by atoms with Crippen LogP contribution in [0.5, 0.6) is 0 Å². The zero-order chi connectivity index (χ0) is 16.5. The van der Waals surface area contributed by atoms with E-state index in [0.717, 1.165) is 18.7 Å². The van der Waals surface area contributed by atoms with Gasteiger partial charge in [0.2, 0.25) is 10.0 Å². The van der Waals surface area contributed by atoms with Crippen molar-refractivity contribution in [3.63, 3.8) is 0 Å². The zero-order valence-corrected chi connectivity index (χ0v) is 14.3. The lowest BCUT2D eigenvalue weighted by Crippen LogP contribution is -2.47. The van der Waals surface area contributed by atoms with E-state index >= 15 is 0 Å². The van der Waals surface area contributed by atoms with Crippen molar-refractivity contribution in [2.24, 2.45) is 0 Å². The fourth-order valence-electron chi connectivity index (χ4n) is 2.53. The molecule has 1 aromatic carbocycles. The third kappa shape index (κ3) is 3.31. The maximum Gasteiger partial charge on any atom is 0.253 e. The average molecular weight is 325 g/mol. The third-order valence-electron chi connectivity index (χ3n) is 4.22. The summed E-state index contributed by atoms with van der Waals surface area (Å²) in [5.74, 6) is -0.108. The van der Waals surface area contributed by atoms with Crippen LogP contribution < -0.4 is 4.72 Å². The van der Waals surface area contributed by atoms with Crippen molar-refractivity contribution in [1.29, 1.82) is 0 Å². The monoisotopic (exact) mass is 325 g/mol. The highest BCUT2D eigenvalue weighted by molar-refractivity contribution is 7.89. The van der Waals surface area contributed by atoms with E-state index in [9.17, 15) is 13.2 Å². The molecule has 0 saturated carbocycles. The molecule has 0 spiro atoms. The molecule has 0 aliphatic carbocycles. The van der Waals surface area contributed by atoms with E-state index in [0.29, 0.717) is 24.2 Å². The van der Waals surface area contributed by atoms with Gasteiger partial charge in [0.15, 0.2) is 0 Å². The number of rotatable bonds is 3. The highest BCUT2D eigenvalue weighted by atomic mass is 32.2. The Morgan fingerprint density at radius 1 is 1.14 bits per heavy atom. The number of likely N-dealkylation sites (N-methyl/N-ethyl adjacent to an activating group) is 1. The zero-order valence-electron chi connectivity index (χ0n) is 13.5. The van der Waals surface area contributed by atoms with Gasteiger partial charge in [-0.15, -0.1) is 0 Å². The largest absolute Gasteiger partial charge is 0.336 e. The van der Waals surface area contributed by atoms with Gasteiger partial charge >= 0.3 is 0 Å². The molecule has 7 heteroatoms. The SMILES string of the molecule is CNS(=O)(=O)c1cc(C(=O)N2CCN(C)CC2)cc(C)c1C. The van der Waals surface area contributed by atoms with Gasteiger partial charge in [-0.2, -0.15) is 0 Å². The molecule has 1 aromatic rings. The molecule has 1 aliphatic rings. The Kier molecular flexibility index (Phi) is 4.89. The topological polar surface area (TPSA) is 69.7 Å². The van der Waals surface area contributed by atoms with Crippen molar-refractivity contribution in [3.05, 3.63) is 28.8 Å². The second kappa shape index (κ2) is 6.36. The average Bonchev–Trinajstić information content (AvgIpc) is 2.49. The number of sulfonamides is 1. The van der Waals surface area contributed by atoms with E-state index in [2.05, 4.69) is 9.62 Å². The van der Waals surface area contributed by atoms with Gasteiger partial charge in [-0.05, 0) is 51.2 Å². The van der Waals surface area contributed by atoms with Gasteiger partial charge in [0.05, 0.1) is 4.90 Å². The lowest BCUT2D eigenvalue weighted by atomic mass is 10.0. The predicted octanol–water partition coefficient (Wildman–Crippen LogP) is 0.599. The third-order valence-corrected chi connectivity index (χ3v) is 5.76. The molecular formula is C15H23N3O3S. The molecule has 1 heterocycles. The van der Waals surface area contributed by atoms with Crippen LogP contribution in [0.4, 0.5) is 0 Å². The van der Waals surface area contributed by atoms with Crippen LogP contribution in [-0.4, -0.2) is 64.4 Å². The number of amides is 1. The van der Waals surface area contributed by atoms with Crippen molar-refractivity contribution < 1.29 is 13.2 Å². The molecule has 1 N–H and O–H groups in total. The summed E-state index contributed by atoms with van der Waals surface area (Å²) < 4.78 is 26.6. The number of carbonyl (C=O) groups excluding carboxylic acids is 1. The quantitative estimate of drug-likeness (QED) is 0.883. The molecule has 122 valence electrons. The molecule has 6 nitrogen and oxygen atoms in total. The minimum atomic E-state index is -3.58. The summed E-state index contributed by atoms with van der Waals surface area (Å²) in [6.45, 7) is 6.57. The lowest BCUT2D eigenvalue weighted by Gasteiger charge is -2.32. The summed E-state index contributed by atoms with van der Waals surface area (Å²) in [4.78, 5) is 16.7. The Bertz CT molecular complexity index is 678. The van der Waals surface area contributed by atoms with Gasteiger partial charge in [0.1, 0.15) is 0 Å². The smallest absolute Gasteiger partial charge is 0.253 e. The van der Waals surface area contributed by atoms with E-state index in [1.54, 1.807) is 17.9 Å². The maximum atomic E-state index is 12.6. The molecule has 0 radical (unpaired) electrons. The summed E-state index contributed by atoms with van der Waals surface area (Å²) in [6, 6.07) is 3.25. The van der Waals surface area contributed by atoms with Gasteiger partial charge < -0.3 is 9.80 Å². The Balaban J connectivity index is 2.38. The number of carbonyl (C=O) groups is 1. The first-order valence-electron chi connectivity index (χ1n) is 7.29. The van der Waals surface area contributed by atoms with Crippen LogP contribution in [0.2, 0.25) is 0 Å². The molecular weight excluding hydrogens is 302 g/mol. The molecule has 22 heavy (non-hydrogen) atoms. The molecule has 1 amide bonds.